The van der Waals surface area contributed by atoms with Crippen LogP contribution in [-0.2, 0) is 4.74 Å². The van der Waals surface area contributed by atoms with Crippen molar-refractivity contribution in [1.82, 2.24) is 15.2 Å². The molecule has 0 bridgehead atoms. The summed E-state index contributed by atoms with van der Waals surface area (Å²) in [5, 5.41) is 14.4. The first-order valence-corrected chi connectivity index (χ1v) is 5.37. The summed E-state index contributed by atoms with van der Waals surface area (Å²) in [5.74, 6) is 0. The molecule has 8 heteroatoms. The van der Waals surface area contributed by atoms with E-state index < -0.39 is 11.7 Å². The summed E-state index contributed by atoms with van der Waals surface area (Å²) in [7, 11) is 0. The predicted octanol–water partition coefficient (Wildman–Crippen LogP) is 0.935. The summed E-state index contributed by atoms with van der Waals surface area (Å²) in [6.07, 6.45) is -0.409. The zero-order valence-corrected chi connectivity index (χ0v) is 10.3. The van der Waals surface area contributed by atoms with Gasteiger partial charge in [-0.05, 0) is 20.8 Å². The number of rotatable bonds is 2. The largest absolute Gasteiger partial charge is 0.724 e. The normalized spacial score (nSPS) is 17.8. The Bertz CT molecular complexity index is 283. The maximum atomic E-state index is 11.7. The standard InChI is InChI=1S/C9H17N4O4/c1-9(2,3)17-8(14)11-4-6-12(7-5-11)13(16)10-15/h4-7H2,1-3H3/q-1. The Balaban J connectivity index is 2.41. The van der Waals surface area contributed by atoms with Crippen LogP contribution >= 0.6 is 0 Å². The number of ether oxygens (including phenoxy) is 1. The Labute approximate surface area is 99.6 Å². The fraction of sp³-hybridized carbons (Fsp3) is 0.889. The highest BCUT2D eigenvalue weighted by Gasteiger charge is 2.26. The number of amides is 1. The third kappa shape index (κ3) is 4.16. The molecule has 17 heavy (non-hydrogen) atoms. The van der Waals surface area contributed by atoms with Crippen molar-refractivity contribution in [3.63, 3.8) is 0 Å². The van der Waals surface area contributed by atoms with Crippen LogP contribution in [0.2, 0.25) is 0 Å². The molecule has 1 rings (SSSR count). The minimum absolute atomic E-state index is 0.00638. The van der Waals surface area contributed by atoms with Crippen molar-refractivity contribution < 1.29 is 9.53 Å². The van der Waals surface area contributed by atoms with Crippen LogP contribution in [0.1, 0.15) is 20.8 Å². The molecule has 0 radical (unpaired) electrons. The molecule has 1 heterocycles. The molecule has 1 aliphatic rings. The van der Waals surface area contributed by atoms with E-state index in [2.05, 4.69) is 5.29 Å². The van der Waals surface area contributed by atoms with Gasteiger partial charge in [-0.1, -0.05) is 0 Å². The van der Waals surface area contributed by atoms with Gasteiger partial charge in [0.15, 0.2) is 0 Å². The van der Waals surface area contributed by atoms with E-state index in [9.17, 15) is 14.9 Å². The number of hydrazine groups is 1. The highest BCUT2D eigenvalue weighted by atomic mass is 16.6. The first-order valence-electron chi connectivity index (χ1n) is 5.37. The maximum absolute atomic E-state index is 11.7. The lowest BCUT2D eigenvalue weighted by Crippen LogP contribution is -2.52. The topological polar surface area (TPSA) is 88.5 Å². The summed E-state index contributed by atoms with van der Waals surface area (Å²) in [6, 6.07) is 0. The number of hydrogen-bond acceptors (Lipinski definition) is 6. The van der Waals surface area contributed by atoms with Crippen molar-refractivity contribution in [2.45, 2.75) is 26.4 Å². The Hall–Kier alpha value is -1.41. The molecule has 0 atom stereocenters. The van der Waals surface area contributed by atoms with E-state index in [1.165, 1.54) is 9.91 Å². The number of piperazine rings is 1. The highest BCUT2D eigenvalue weighted by Crippen LogP contribution is 2.12. The van der Waals surface area contributed by atoms with Crippen LogP contribution in [0.15, 0.2) is 5.29 Å². The van der Waals surface area contributed by atoms with E-state index in [0.29, 0.717) is 13.1 Å². The zero-order chi connectivity index (χ0) is 13.1. The molecule has 98 valence electrons. The van der Waals surface area contributed by atoms with Crippen molar-refractivity contribution >= 4 is 6.09 Å². The summed E-state index contributed by atoms with van der Waals surface area (Å²) in [4.78, 5) is 23.2. The van der Waals surface area contributed by atoms with E-state index in [4.69, 9.17) is 4.74 Å². The summed E-state index contributed by atoms with van der Waals surface area (Å²) in [5.41, 5.74) is -0.539. The summed E-state index contributed by atoms with van der Waals surface area (Å²) < 4.78 is 5.19. The van der Waals surface area contributed by atoms with Crippen LogP contribution < -0.4 is 0 Å². The average Bonchev–Trinajstić information content (AvgIpc) is 2.26. The third-order valence-electron chi connectivity index (χ3n) is 2.22. The van der Waals surface area contributed by atoms with Gasteiger partial charge < -0.3 is 14.8 Å². The van der Waals surface area contributed by atoms with Crippen molar-refractivity contribution in [3.05, 3.63) is 10.1 Å². The number of nitroso groups, excluding NO2 is 1. The lowest BCUT2D eigenvalue weighted by Gasteiger charge is -2.40. The van der Waals surface area contributed by atoms with Crippen LogP contribution in [0.5, 0.6) is 0 Å². The molecule has 0 spiro atoms. The molecule has 1 amide bonds. The van der Waals surface area contributed by atoms with Gasteiger partial charge in [0, 0.05) is 26.2 Å². The Morgan fingerprint density at radius 2 is 1.82 bits per heavy atom. The number of nitrogens with zero attached hydrogens (tertiary/aromatic N) is 4. The second-order valence-electron chi connectivity index (χ2n) is 4.76. The monoisotopic (exact) mass is 245 g/mol. The lowest BCUT2D eigenvalue weighted by molar-refractivity contribution is -0.0324. The van der Waals surface area contributed by atoms with Gasteiger partial charge in [-0.2, -0.15) is 0 Å². The van der Waals surface area contributed by atoms with E-state index in [-0.39, 0.29) is 18.4 Å². The maximum Gasteiger partial charge on any atom is 0.410 e. The molecule has 0 aromatic rings. The predicted molar refractivity (Wildman–Crippen MR) is 60.4 cm³/mol. The smallest absolute Gasteiger partial charge is 0.410 e. The van der Waals surface area contributed by atoms with Crippen LogP contribution in [-0.4, -0.2) is 53.1 Å². The first kappa shape index (κ1) is 13.7. The van der Waals surface area contributed by atoms with Gasteiger partial charge in [-0.15, -0.1) is 4.91 Å². The SMILES string of the molecule is CC(C)(C)OC(=O)N1CCN(N([O-])N=O)CC1. The molecule has 1 fully saturated rings. The summed E-state index contributed by atoms with van der Waals surface area (Å²) >= 11 is 0. The lowest BCUT2D eigenvalue weighted by atomic mass is 10.2. The van der Waals surface area contributed by atoms with Gasteiger partial charge >= 0.3 is 6.09 Å². The minimum atomic E-state index is -0.539. The Kier molecular flexibility index (Phi) is 4.24. The van der Waals surface area contributed by atoms with Crippen LogP contribution in [0, 0.1) is 10.1 Å². The summed E-state index contributed by atoms with van der Waals surface area (Å²) in [6.45, 7) is 6.58. The molecule has 8 nitrogen and oxygen atoms in total. The van der Waals surface area contributed by atoms with Gasteiger partial charge in [0.25, 0.3) is 0 Å². The molecule has 0 saturated carbocycles. The second kappa shape index (κ2) is 5.28. The van der Waals surface area contributed by atoms with Crippen LogP contribution in [0.25, 0.3) is 0 Å². The van der Waals surface area contributed by atoms with Gasteiger partial charge in [-0.3, -0.25) is 5.28 Å². The van der Waals surface area contributed by atoms with Crippen molar-refractivity contribution in [3.8, 4) is 0 Å². The van der Waals surface area contributed by atoms with Gasteiger partial charge in [-0.25, -0.2) is 9.80 Å². The molecule has 0 aromatic carbocycles. The van der Waals surface area contributed by atoms with Crippen molar-refractivity contribution in [2.24, 2.45) is 5.29 Å². The fourth-order valence-corrected chi connectivity index (χ4v) is 1.43. The van der Waals surface area contributed by atoms with Gasteiger partial charge in [0.1, 0.15) is 5.60 Å². The molecule has 0 N–H and O–H groups in total. The minimum Gasteiger partial charge on any atom is -0.724 e. The second-order valence-corrected chi connectivity index (χ2v) is 4.76. The quantitative estimate of drug-likeness (QED) is 0.531. The Morgan fingerprint density at radius 1 is 1.29 bits per heavy atom. The third-order valence-corrected chi connectivity index (χ3v) is 2.22. The average molecular weight is 245 g/mol. The fourth-order valence-electron chi connectivity index (χ4n) is 1.43. The van der Waals surface area contributed by atoms with Crippen molar-refractivity contribution in [2.75, 3.05) is 26.2 Å². The molecular formula is C9H17N4O4-. The molecule has 1 aliphatic heterocycles. The molecule has 0 aliphatic carbocycles. The molecular weight excluding hydrogens is 228 g/mol. The van der Waals surface area contributed by atoms with Crippen LogP contribution in [0.4, 0.5) is 4.79 Å². The number of carbonyl (C=O) groups is 1. The molecule has 0 unspecified atom stereocenters. The number of carbonyl (C=O) groups excluding carboxylic acids is 1. The molecule has 0 aromatic heterocycles. The van der Waals surface area contributed by atoms with Gasteiger partial charge in [0.05, 0.1) is 5.29 Å². The van der Waals surface area contributed by atoms with Crippen LogP contribution in [0.3, 0.4) is 0 Å². The van der Waals surface area contributed by atoms with Crippen molar-refractivity contribution in [1.29, 1.82) is 0 Å². The van der Waals surface area contributed by atoms with Gasteiger partial charge in [0.2, 0.25) is 0 Å². The van der Waals surface area contributed by atoms with E-state index in [1.54, 1.807) is 20.8 Å². The Morgan fingerprint density at radius 3 is 2.24 bits per heavy atom. The number of hydrogen-bond donors (Lipinski definition) is 0. The zero-order valence-electron chi connectivity index (χ0n) is 10.3. The first-order chi connectivity index (χ1) is 7.83. The highest BCUT2D eigenvalue weighted by molar-refractivity contribution is 5.68. The van der Waals surface area contributed by atoms with E-state index in [1.807, 2.05) is 0 Å². The van der Waals surface area contributed by atoms with E-state index in [0.717, 1.165) is 0 Å². The van der Waals surface area contributed by atoms with E-state index >= 15 is 0 Å². The molecule has 1 saturated heterocycles.